The highest BCUT2D eigenvalue weighted by Gasteiger charge is 2.24. The molecular formula is C9H13NO. The fourth-order valence-corrected chi connectivity index (χ4v) is 0.976. The number of aliphatic imine (C=N–C) groups is 1. The van der Waals surface area contributed by atoms with E-state index in [1.807, 2.05) is 20.8 Å². The maximum atomic E-state index is 11.5. The summed E-state index contributed by atoms with van der Waals surface area (Å²) < 4.78 is 0. The summed E-state index contributed by atoms with van der Waals surface area (Å²) in [5.74, 6) is 0.204. The van der Waals surface area contributed by atoms with Crippen molar-refractivity contribution in [3.8, 4) is 0 Å². The molecular weight excluding hydrogens is 138 g/mol. The molecule has 60 valence electrons. The average molecular weight is 151 g/mol. The van der Waals surface area contributed by atoms with Crippen molar-refractivity contribution >= 4 is 12.0 Å². The van der Waals surface area contributed by atoms with Gasteiger partial charge in [0.05, 0.1) is 6.54 Å². The summed E-state index contributed by atoms with van der Waals surface area (Å²) >= 11 is 0. The lowest BCUT2D eigenvalue weighted by Crippen LogP contribution is -2.22. The number of hydrogen-bond donors (Lipinski definition) is 0. The molecule has 0 aliphatic carbocycles. The summed E-state index contributed by atoms with van der Waals surface area (Å²) in [6.07, 6.45) is 3.49. The number of carbonyl (C=O) groups is 1. The molecule has 0 amide bonds. The van der Waals surface area contributed by atoms with Crippen LogP contribution >= 0.6 is 0 Å². The number of allylic oxidation sites excluding steroid dienone is 1. The maximum Gasteiger partial charge on any atom is 0.166 e. The molecule has 1 aliphatic rings. The van der Waals surface area contributed by atoms with Gasteiger partial charge in [0.2, 0.25) is 0 Å². The van der Waals surface area contributed by atoms with E-state index in [1.54, 1.807) is 12.3 Å². The molecule has 0 radical (unpaired) electrons. The van der Waals surface area contributed by atoms with Crippen LogP contribution in [0.1, 0.15) is 20.8 Å². The summed E-state index contributed by atoms with van der Waals surface area (Å²) in [6.45, 7) is 6.34. The number of rotatable bonds is 1. The summed E-state index contributed by atoms with van der Waals surface area (Å²) in [5, 5.41) is 0. The van der Waals surface area contributed by atoms with Crippen molar-refractivity contribution in [3.63, 3.8) is 0 Å². The molecule has 0 saturated heterocycles. The zero-order valence-corrected chi connectivity index (χ0v) is 7.22. The standard InChI is InChI=1S/C9H13NO/c1-9(2,3)8(11)7-4-5-10-6-7/h4-5H,6H2,1-3H3. The van der Waals surface area contributed by atoms with Crippen molar-refractivity contribution < 1.29 is 4.79 Å². The Morgan fingerprint density at radius 3 is 2.55 bits per heavy atom. The summed E-state index contributed by atoms with van der Waals surface area (Å²) in [5.41, 5.74) is 0.567. The SMILES string of the molecule is CC(C)(C)C(=O)C1=CC=NC1. The van der Waals surface area contributed by atoms with Crippen LogP contribution in [0, 0.1) is 5.41 Å². The molecule has 0 fully saturated rings. The Labute approximate surface area is 67.0 Å². The minimum Gasteiger partial charge on any atom is -0.294 e. The van der Waals surface area contributed by atoms with Crippen molar-refractivity contribution in [2.24, 2.45) is 10.4 Å². The van der Waals surface area contributed by atoms with Gasteiger partial charge in [-0.05, 0) is 6.08 Å². The minimum atomic E-state index is -0.264. The van der Waals surface area contributed by atoms with Crippen LogP contribution in [0.3, 0.4) is 0 Å². The van der Waals surface area contributed by atoms with Crippen LogP contribution in [-0.2, 0) is 4.79 Å². The molecule has 2 nitrogen and oxygen atoms in total. The van der Waals surface area contributed by atoms with E-state index in [1.165, 1.54) is 0 Å². The highest BCUT2D eigenvalue weighted by Crippen LogP contribution is 2.20. The third-order valence-electron chi connectivity index (χ3n) is 1.62. The van der Waals surface area contributed by atoms with Crippen molar-refractivity contribution in [1.82, 2.24) is 0 Å². The van der Waals surface area contributed by atoms with Gasteiger partial charge in [-0.3, -0.25) is 9.79 Å². The monoisotopic (exact) mass is 151 g/mol. The van der Waals surface area contributed by atoms with Gasteiger partial charge >= 0.3 is 0 Å². The Kier molecular flexibility index (Phi) is 1.94. The normalized spacial score (nSPS) is 16.8. The quantitative estimate of drug-likeness (QED) is 0.560. The van der Waals surface area contributed by atoms with Gasteiger partial charge in [0.1, 0.15) is 0 Å². The van der Waals surface area contributed by atoms with Crippen LogP contribution in [0.4, 0.5) is 0 Å². The fraction of sp³-hybridized carbons (Fsp3) is 0.556. The maximum absolute atomic E-state index is 11.5. The van der Waals surface area contributed by atoms with Gasteiger partial charge < -0.3 is 0 Å². The first kappa shape index (κ1) is 8.18. The lowest BCUT2D eigenvalue weighted by Gasteiger charge is -2.16. The van der Waals surface area contributed by atoms with Crippen molar-refractivity contribution in [2.45, 2.75) is 20.8 Å². The van der Waals surface area contributed by atoms with Crippen LogP contribution in [0.2, 0.25) is 0 Å². The molecule has 2 heteroatoms. The second-order valence-corrected chi connectivity index (χ2v) is 3.76. The number of ketones is 1. The van der Waals surface area contributed by atoms with E-state index in [2.05, 4.69) is 4.99 Å². The van der Waals surface area contributed by atoms with E-state index in [0.29, 0.717) is 6.54 Å². The molecule has 0 N–H and O–H groups in total. The topological polar surface area (TPSA) is 29.4 Å². The highest BCUT2D eigenvalue weighted by molar-refractivity contribution is 6.03. The van der Waals surface area contributed by atoms with Crippen molar-refractivity contribution in [1.29, 1.82) is 0 Å². The number of carbonyl (C=O) groups excluding carboxylic acids is 1. The largest absolute Gasteiger partial charge is 0.294 e. The van der Waals surface area contributed by atoms with Gasteiger partial charge in [0.25, 0.3) is 0 Å². The zero-order chi connectivity index (χ0) is 8.48. The van der Waals surface area contributed by atoms with E-state index in [0.717, 1.165) is 5.57 Å². The molecule has 0 atom stereocenters. The Hall–Kier alpha value is -0.920. The molecule has 1 heterocycles. The second-order valence-electron chi connectivity index (χ2n) is 3.76. The molecule has 0 spiro atoms. The lowest BCUT2D eigenvalue weighted by atomic mass is 9.86. The van der Waals surface area contributed by atoms with Gasteiger partial charge in [-0.2, -0.15) is 0 Å². The molecule has 1 aliphatic heterocycles. The molecule has 1 rings (SSSR count). The van der Waals surface area contributed by atoms with Crippen molar-refractivity contribution in [3.05, 3.63) is 11.6 Å². The molecule has 0 saturated carbocycles. The molecule has 0 bridgehead atoms. The predicted octanol–water partition coefficient (Wildman–Crippen LogP) is 1.61. The van der Waals surface area contributed by atoms with Crippen LogP contribution in [-0.4, -0.2) is 18.5 Å². The van der Waals surface area contributed by atoms with E-state index in [9.17, 15) is 4.79 Å². The molecule has 0 aromatic heterocycles. The second kappa shape index (κ2) is 2.61. The number of Topliss-reactive ketones (excluding diaryl/α,β-unsaturated/α-hetero) is 1. The Balaban J connectivity index is 2.71. The van der Waals surface area contributed by atoms with Gasteiger partial charge in [-0.1, -0.05) is 20.8 Å². The van der Waals surface area contributed by atoms with E-state index in [4.69, 9.17) is 0 Å². The number of nitrogens with zero attached hydrogens (tertiary/aromatic N) is 1. The predicted molar refractivity (Wildman–Crippen MR) is 45.9 cm³/mol. The van der Waals surface area contributed by atoms with Gasteiger partial charge in [-0.25, -0.2) is 0 Å². The Bertz CT molecular complexity index is 230. The summed E-state index contributed by atoms with van der Waals surface area (Å²) in [4.78, 5) is 15.5. The number of hydrogen-bond acceptors (Lipinski definition) is 2. The average Bonchev–Trinajstić information content (AvgIpc) is 2.34. The molecule has 0 aromatic carbocycles. The van der Waals surface area contributed by atoms with Gasteiger partial charge in [0.15, 0.2) is 5.78 Å². The van der Waals surface area contributed by atoms with Crippen LogP contribution in [0.25, 0.3) is 0 Å². The van der Waals surface area contributed by atoms with Crippen LogP contribution in [0.5, 0.6) is 0 Å². The summed E-state index contributed by atoms with van der Waals surface area (Å²) in [6, 6.07) is 0. The minimum absolute atomic E-state index is 0.204. The molecule has 0 unspecified atom stereocenters. The Morgan fingerprint density at radius 1 is 1.55 bits per heavy atom. The third kappa shape index (κ3) is 1.76. The zero-order valence-electron chi connectivity index (χ0n) is 7.22. The van der Waals surface area contributed by atoms with Gasteiger partial charge in [0, 0.05) is 17.2 Å². The highest BCUT2D eigenvalue weighted by atomic mass is 16.1. The van der Waals surface area contributed by atoms with Crippen LogP contribution < -0.4 is 0 Å². The lowest BCUT2D eigenvalue weighted by molar-refractivity contribution is -0.122. The van der Waals surface area contributed by atoms with E-state index < -0.39 is 0 Å². The van der Waals surface area contributed by atoms with Crippen molar-refractivity contribution in [2.75, 3.05) is 6.54 Å². The molecule has 11 heavy (non-hydrogen) atoms. The smallest absolute Gasteiger partial charge is 0.166 e. The Morgan fingerprint density at radius 2 is 2.18 bits per heavy atom. The third-order valence-corrected chi connectivity index (χ3v) is 1.62. The van der Waals surface area contributed by atoms with Crippen LogP contribution in [0.15, 0.2) is 16.6 Å². The van der Waals surface area contributed by atoms with E-state index >= 15 is 0 Å². The first-order valence-electron chi connectivity index (χ1n) is 3.75. The molecule has 0 aromatic rings. The fourth-order valence-electron chi connectivity index (χ4n) is 0.976. The van der Waals surface area contributed by atoms with Gasteiger partial charge in [-0.15, -0.1) is 0 Å². The first-order chi connectivity index (χ1) is 5.02. The summed E-state index contributed by atoms with van der Waals surface area (Å²) in [7, 11) is 0. The first-order valence-corrected chi connectivity index (χ1v) is 3.75. The van der Waals surface area contributed by atoms with E-state index in [-0.39, 0.29) is 11.2 Å².